The van der Waals surface area contributed by atoms with Gasteiger partial charge in [-0.25, -0.2) is 0 Å². The average molecular weight is 368 g/mol. The van der Waals surface area contributed by atoms with Crippen LogP contribution in [0.5, 0.6) is 0 Å². The zero-order chi connectivity index (χ0) is 19.6. The van der Waals surface area contributed by atoms with Crippen molar-refractivity contribution in [3.63, 3.8) is 0 Å². The van der Waals surface area contributed by atoms with Gasteiger partial charge in [-0.3, -0.25) is 0 Å². The lowest BCUT2D eigenvalue weighted by Gasteiger charge is -2.14. The molecule has 1 N–H and O–H groups in total. The van der Waals surface area contributed by atoms with Crippen LogP contribution in [0.25, 0.3) is 0 Å². The molecule has 0 aromatic heterocycles. The molecule has 0 radical (unpaired) electrons. The number of aryl methyl sites for hydroxylation is 2. The zero-order valence-electron chi connectivity index (χ0n) is 17.2. The maximum absolute atomic E-state index is 9.45. The summed E-state index contributed by atoms with van der Waals surface area (Å²) >= 11 is 0. The lowest BCUT2D eigenvalue weighted by atomic mass is 9.96. The maximum Gasteiger partial charge on any atom is 0.0867 e. The smallest absolute Gasteiger partial charge is 0.0867 e. The Labute approximate surface area is 164 Å². The molecule has 0 aliphatic heterocycles. The first-order valence-electron chi connectivity index (χ1n) is 9.71. The number of anilines is 1. The minimum absolute atomic E-state index is 0.755. The molecule has 0 aliphatic rings. The molecule has 0 aliphatic carbocycles. The van der Waals surface area contributed by atoms with Gasteiger partial charge in [-0.05, 0) is 81.6 Å². The number of nitrogens with zero attached hydrogens (tertiary/aromatic N) is 3. The molecule has 0 heterocycles. The summed E-state index contributed by atoms with van der Waals surface area (Å²) in [6.45, 7) is 1.11. The first-order valence-corrected chi connectivity index (χ1v) is 9.71. The summed E-state index contributed by atoms with van der Waals surface area (Å²) in [5.74, 6) is 0. The van der Waals surface area contributed by atoms with E-state index in [0.29, 0.717) is 0 Å². The fourth-order valence-electron chi connectivity index (χ4n) is 3.28. The van der Waals surface area contributed by atoms with Crippen LogP contribution in [-0.4, -0.2) is 50.6 Å². The molecule has 27 heavy (non-hydrogen) atoms. The van der Waals surface area contributed by atoms with Gasteiger partial charge in [-0.2, -0.15) is 0 Å². The highest BCUT2D eigenvalue weighted by atomic mass is 16.4. The van der Waals surface area contributed by atoms with Gasteiger partial charge in [0.05, 0.1) is 5.71 Å². The Kier molecular flexibility index (Phi) is 8.34. The number of benzene rings is 2. The van der Waals surface area contributed by atoms with E-state index in [1.54, 1.807) is 0 Å². The molecule has 0 amide bonds. The molecule has 0 spiro atoms. The van der Waals surface area contributed by atoms with E-state index in [9.17, 15) is 5.21 Å². The van der Waals surface area contributed by atoms with Crippen molar-refractivity contribution < 1.29 is 5.21 Å². The van der Waals surface area contributed by atoms with Gasteiger partial charge in [0.15, 0.2) is 0 Å². The molecule has 0 saturated heterocycles. The van der Waals surface area contributed by atoms with Gasteiger partial charge in [0.25, 0.3) is 0 Å². The summed E-state index contributed by atoms with van der Waals surface area (Å²) in [6.07, 6.45) is 5.03. The largest absolute Gasteiger partial charge is 0.411 e. The highest BCUT2D eigenvalue weighted by Gasteiger charge is 2.07. The molecule has 2 rings (SSSR count). The van der Waals surface area contributed by atoms with Crippen molar-refractivity contribution in [2.24, 2.45) is 5.16 Å². The Bertz CT molecular complexity index is 721. The molecule has 4 heteroatoms. The van der Waals surface area contributed by atoms with Crippen LogP contribution in [-0.2, 0) is 12.8 Å². The minimum atomic E-state index is 0.755. The summed E-state index contributed by atoms with van der Waals surface area (Å²) in [5, 5.41) is 13.0. The van der Waals surface area contributed by atoms with Crippen LogP contribution in [0.1, 0.15) is 36.0 Å². The van der Waals surface area contributed by atoms with Crippen LogP contribution < -0.4 is 4.90 Å². The lowest BCUT2D eigenvalue weighted by Crippen LogP contribution is -2.13. The van der Waals surface area contributed by atoms with Crippen molar-refractivity contribution in [2.45, 2.75) is 32.1 Å². The number of hydrogen-bond acceptors (Lipinski definition) is 4. The van der Waals surface area contributed by atoms with E-state index in [2.05, 4.69) is 65.4 Å². The summed E-state index contributed by atoms with van der Waals surface area (Å²) in [7, 11) is 8.28. The van der Waals surface area contributed by atoms with E-state index >= 15 is 0 Å². The van der Waals surface area contributed by atoms with E-state index in [1.807, 2.05) is 26.2 Å². The molecular weight excluding hydrogens is 334 g/mol. The zero-order valence-corrected chi connectivity index (χ0v) is 17.2. The van der Waals surface area contributed by atoms with Crippen molar-refractivity contribution in [3.8, 4) is 0 Å². The van der Waals surface area contributed by atoms with Gasteiger partial charge in [-0.1, -0.05) is 41.6 Å². The highest BCUT2D eigenvalue weighted by Crippen LogP contribution is 2.18. The third kappa shape index (κ3) is 6.72. The van der Waals surface area contributed by atoms with Crippen molar-refractivity contribution in [2.75, 3.05) is 39.6 Å². The lowest BCUT2D eigenvalue weighted by molar-refractivity contribution is 0.318. The normalized spacial score (nSPS) is 11.8. The molecule has 0 bridgehead atoms. The summed E-state index contributed by atoms with van der Waals surface area (Å²) in [5.41, 5.74) is 5.74. The molecule has 0 saturated carbocycles. The van der Waals surface area contributed by atoms with E-state index in [1.165, 1.54) is 17.5 Å². The summed E-state index contributed by atoms with van der Waals surface area (Å²) < 4.78 is 0. The average Bonchev–Trinajstić information content (AvgIpc) is 2.66. The minimum Gasteiger partial charge on any atom is -0.411 e. The van der Waals surface area contributed by atoms with Crippen molar-refractivity contribution in [1.82, 2.24) is 4.90 Å². The maximum atomic E-state index is 9.45. The fraction of sp³-hybridized carbons (Fsp3) is 0.435. The molecular formula is C23H33N3O. The second-order valence-corrected chi connectivity index (χ2v) is 7.52. The van der Waals surface area contributed by atoms with Gasteiger partial charge >= 0.3 is 0 Å². The van der Waals surface area contributed by atoms with E-state index in [-0.39, 0.29) is 0 Å². The van der Waals surface area contributed by atoms with Crippen molar-refractivity contribution in [1.29, 1.82) is 0 Å². The van der Waals surface area contributed by atoms with Crippen LogP contribution in [0.15, 0.2) is 53.7 Å². The molecule has 4 nitrogen and oxygen atoms in total. The second kappa shape index (κ2) is 10.7. The highest BCUT2D eigenvalue weighted by molar-refractivity contribution is 6.00. The van der Waals surface area contributed by atoms with E-state index < -0.39 is 0 Å². The van der Waals surface area contributed by atoms with Gasteiger partial charge in [0.1, 0.15) is 0 Å². The monoisotopic (exact) mass is 367 g/mol. The molecule has 0 atom stereocenters. The first-order chi connectivity index (χ1) is 13.0. The summed E-state index contributed by atoms with van der Waals surface area (Å²) in [6, 6.07) is 16.9. The number of hydrogen-bond donors (Lipinski definition) is 1. The summed E-state index contributed by atoms with van der Waals surface area (Å²) in [4.78, 5) is 4.29. The molecule has 2 aromatic rings. The predicted molar refractivity (Wildman–Crippen MR) is 115 cm³/mol. The van der Waals surface area contributed by atoms with Crippen LogP contribution in [0, 0.1) is 0 Å². The van der Waals surface area contributed by atoms with Crippen LogP contribution in [0.4, 0.5) is 5.69 Å². The van der Waals surface area contributed by atoms with Gasteiger partial charge < -0.3 is 15.0 Å². The SMILES string of the molecule is CN(C)CCCc1ccccc1CCCC(=NO)c1ccc(N(C)C)cc1. The van der Waals surface area contributed by atoms with Gasteiger partial charge in [0, 0.05) is 19.8 Å². The van der Waals surface area contributed by atoms with Crippen LogP contribution in [0.2, 0.25) is 0 Å². The van der Waals surface area contributed by atoms with Crippen LogP contribution >= 0.6 is 0 Å². The fourth-order valence-corrected chi connectivity index (χ4v) is 3.28. The Hall–Kier alpha value is -2.33. The van der Waals surface area contributed by atoms with E-state index in [0.717, 1.165) is 49.2 Å². The topological polar surface area (TPSA) is 39.1 Å². The Morgan fingerprint density at radius 1 is 0.852 bits per heavy atom. The number of oxime groups is 1. The Balaban J connectivity index is 1.92. The third-order valence-corrected chi connectivity index (χ3v) is 4.87. The molecule has 0 fully saturated rings. The second-order valence-electron chi connectivity index (χ2n) is 7.52. The van der Waals surface area contributed by atoms with Gasteiger partial charge in [-0.15, -0.1) is 0 Å². The number of rotatable bonds is 10. The third-order valence-electron chi connectivity index (χ3n) is 4.87. The Morgan fingerprint density at radius 3 is 1.96 bits per heavy atom. The van der Waals surface area contributed by atoms with Crippen LogP contribution in [0.3, 0.4) is 0 Å². The molecule has 146 valence electrons. The van der Waals surface area contributed by atoms with E-state index in [4.69, 9.17) is 0 Å². The standard InChI is InChI=1S/C23H33N3O/c1-25(2)18-8-12-20-10-6-5-9-19(20)11-7-13-23(24-27)21-14-16-22(17-15-21)26(3)4/h5-6,9-10,14-17,27H,7-8,11-13,18H2,1-4H3. The van der Waals surface area contributed by atoms with Crippen molar-refractivity contribution >= 4 is 11.4 Å². The van der Waals surface area contributed by atoms with Gasteiger partial charge in [0.2, 0.25) is 0 Å². The van der Waals surface area contributed by atoms with Crippen molar-refractivity contribution in [3.05, 3.63) is 65.2 Å². The Morgan fingerprint density at radius 2 is 1.44 bits per heavy atom. The first kappa shape index (κ1) is 21.0. The predicted octanol–water partition coefficient (Wildman–Crippen LogP) is 4.45. The quantitative estimate of drug-likeness (QED) is 0.383. The molecule has 2 aromatic carbocycles. The molecule has 0 unspecified atom stereocenters.